The van der Waals surface area contributed by atoms with Gasteiger partial charge in [-0.2, -0.15) is 0 Å². The van der Waals surface area contributed by atoms with E-state index in [0.29, 0.717) is 25.2 Å². The number of amides is 3. The van der Waals surface area contributed by atoms with Crippen molar-refractivity contribution in [1.29, 1.82) is 0 Å². The molecule has 0 aromatic heterocycles. The van der Waals surface area contributed by atoms with Gasteiger partial charge in [-0.3, -0.25) is 9.69 Å². The first-order valence-corrected chi connectivity index (χ1v) is 7.86. The molecule has 1 aromatic carbocycles. The van der Waals surface area contributed by atoms with E-state index in [9.17, 15) is 9.59 Å². The smallest absolute Gasteiger partial charge is 0.321 e. The van der Waals surface area contributed by atoms with Crippen molar-refractivity contribution in [2.24, 2.45) is 0 Å². The van der Waals surface area contributed by atoms with Gasteiger partial charge in [0.2, 0.25) is 0 Å². The highest BCUT2D eigenvalue weighted by Gasteiger charge is 2.19. The van der Waals surface area contributed by atoms with E-state index in [1.54, 1.807) is 17.0 Å². The number of carbonyl (C=O) groups excluding carboxylic acids is 2. The molecule has 128 valence electrons. The van der Waals surface area contributed by atoms with Crippen LogP contribution in [0, 0.1) is 0 Å². The van der Waals surface area contributed by atoms with Gasteiger partial charge >= 0.3 is 6.03 Å². The molecule has 6 nitrogen and oxygen atoms in total. The molecular weight excluding hydrogens is 316 g/mol. The van der Waals surface area contributed by atoms with Gasteiger partial charge in [-0.25, -0.2) is 4.79 Å². The zero-order chi connectivity index (χ0) is 15.8. The van der Waals surface area contributed by atoms with Gasteiger partial charge in [-0.1, -0.05) is 13.0 Å². The van der Waals surface area contributed by atoms with Crippen molar-refractivity contribution in [3.05, 3.63) is 29.8 Å². The summed E-state index contributed by atoms with van der Waals surface area (Å²) in [6.07, 6.45) is 1.99. The molecular formula is C16H25ClN4O2. The second-order valence-electron chi connectivity index (χ2n) is 5.29. The monoisotopic (exact) mass is 340 g/mol. The third-order valence-electron chi connectivity index (χ3n) is 3.51. The standard InChI is InChI=1S/C16H24N4O2.ClH/c1-2-7-17-9-10-18-15(21)13-5-3-6-14(12-13)20-11-4-8-19-16(20)22;/h3,5-6,12,17H,2,4,7-11H2,1H3,(H,18,21)(H,19,22);1H. The minimum Gasteiger partial charge on any atom is -0.351 e. The summed E-state index contributed by atoms with van der Waals surface area (Å²) in [7, 11) is 0. The van der Waals surface area contributed by atoms with Gasteiger partial charge in [0.25, 0.3) is 5.91 Å². The number of halogens is 1. The average Bonchev–Trinajstić information content (AvgIpc) is 2.55. The van der Waals surface area contributed by atoms with Crippen molar-refractivity contribution in [3.8, 4) is 0 Å². The third kappa shape index (κ3) is 5.73. The van der Waals surface area contributed by atoms with Crippen LogP contribution in [0.3, 0.4) is 0 Å². The Balaban J connectivity index is 0.00000264. The molecule has 1 aliphatic heterocycles. The molecule has 0 aliphatic carbocycles. The highest BCUT2D eigenvalue weighted by Crippen LogP contribution is 2.18. The van der Waals surface area contributed by atoms with Crippen LogP contribution in [0.25, 0.3) is 0 Å². The molecule has 3 N–H and O–H groups in total. The maximum atomic E-state index is 12.1. The van der Waals surface area contributed by atoms with E-state index in [-0.39, 0.29) is 24.3 Å². The maximum absolute atomic E-state index is 12.1. The fraction of sp³-hybridized carbons (Fsp3) is 0.500. The Bertz CT molecular complexity index is 525. The van der Waals surface area contributed by atoms with Crippen LogP contribution < -0.4 is 20.9 Å². The Morgan fingerprint density at radius 1 is 1.30 bits per heavy atom. The van der Waals surface area contributed by atoms with E-state index in [2.05, 4.69) is 22.9 Å². The number of anilines is 1. The predicted molar refractivity (Wildman–Crippen MR) is 94.5 cm³/mol. The van der Waals surface area contributed by atoms with E-state index in [1.165, 1.54) is 0 Å². The van der Waals surface area contributed by atoms with E-state index in [0.717, 1.165) is 31.6 Å². The summed E-state index contributed by atoms with van der Waals surface area (Å²) in [6, 6.07) is 7.08. The van der Waals surface area contributed by atoms with Crippen molar-refractivity contribution in [1.82, 2.24) is 16.0 Å². The van der Waals surface area contributed by atoms with Crippen molar-refractivity contribution < 1.29 is 9.59 Å². The molecule has 23 heavy (non-hydrogen) atoms. The van der Waals surface area contributed by atoms with Crippen molar-refractivity contribution in [3.63, 3.8) is 0 Å². The van der Waals surface area contributed by atoms with Crippen molar-refractivity contribution in [2.45, 2.75) is 19.8 Å². The average molecular weight is 341 g/mol. The number of nitrogens with zero attached hydrogens (tertiary/aromatic N) is 1. The van der Waals surface area contributed by atoms with Crippen LogP contribution in [-0.2, 0) is 0 Å². The summed E-state index contributed by atoms with van der Waals surface area (Å²) < 4.78 is 0. The first-order chi connectivity index (χ1) is 10.7. The molecule has 0 radical (unpaired) electrons. The number of benzene rings is 1. The molecule has 0 atom stereocenters. The number of nitrogens with one attached hydrogen (secondary N) is 3. The Morgan fingerprint density at radius 3 is 2.87 bits per heavy atom. The summed E-state index contributed by atoms with van der Waals surface area (Å²) in [5, 5.41) is 8.92. The van der Waals surface area contributed by atoms with E-state index in [4.69, 9.17) is 0 Å². The van der Waals surface area contributed by atoms with Crippen LogP contribution >= 0.6 is 12.4 Å². The molecule has 1 aliphatic rings. The number of hydrogen-bond acceptors (Lipinski definition) is 3. The van der Waals surface area contributed by atoms with Crippen LogP contribution in [0.15, 0.2) is 24.3 Å². The molecule has 1 heterocycles. The summed E-state index contributed by atoms with van der Waals surface area (Å²) in [6.45, 7) is 5.79. The van der Waals surface area contributed by atoms with Gasteiger partial charge in [-0.05, 0) is 37.6 Å². The lowest BCUT2D eigenvalue weighted by Crippen LogP contribution is -2.46. The molecule has 1 fully saturated rings. The topological polar surface area (TPSA) is 73.5 Å². The molecule has 1 saturated heterocycles. The lowest BCUT2D eigenvalue weighted by Gasteiger charge is -2.27. The summed E-state index contributed by atoms with van der Waals surface area (Å²) >= 11 is 0. The highest BCUT2D eigenvalue weighted by atomic mass is 35.5. The molecule has 3 amide bonds. The van der Waals surface area contributed by atoms with E-state index >= 15 is 0 Å². The molecule has 2 rings (SSSR count). The molecule has 0 saturated carbocycles. The largest absolute Gasteiger partial charge is 0.351 e. The number of urea groups is 1. The third-order valence-corrected chi connectivity index (χ3v) is 3.51. The predicted octanol–water partition coefficient (Wildman–Crippen LogP) is 1.76. The number of hydrogen-bond donors (Lipinski definition) is 3. The minimum atomic E-state index is -0.113. The lowest BCUT2D eigenvalue weighted by atomic mass is 10.1. The Labute approximate surface area is 143 Å². The van der Waals surface area contributed by atoms with Gasteiger partial charge < -0.3 is 16.0 Å². The number of rotatable bonds is 7. The Morgan fingerprint density at radius 2 is 2.13 bits per heavy atom. The summed E-state index contributed by atoms with van der Waals surface area (Å²) in [5.41, 5.74) is 1.33. The minimum absolute atomic E-state index is 0. The Kier molecular flexibility index (Phi) is 8.43. The Hall–Kier alpha value is -1.79. The van der Waals surface area contributed by atoms with Crippen LogP contribution in [0.2, 0.25) is 0 Å². The molecule has 0 spiro atoms. The van der Waals surface area contributed by atoms with Crippen LogP contribution in [0.4, 0.5) is 10.5 Å². The molecule has 0 unspecified atom stereocenters. The maximum Gasteiger partial charge on any atom is 0.321 e. The lowest BCUT2D eigenvalue weighted by molar-refractivity contribution is 0.0954. The van der Waals surface area contributed by atoms with E-state index in [1.807, 2.05) is 12.1 Å². The van der Waals surface area contributed by atoms with E-state index < -0.39 is 0 Å². The fourth-order valence-corrected chi connectivity index (χ4v) is 2.36. The summed E-state index contributed by atoms with van der Waals surface area (Å²) in [5.74, 6) is -0.113. The number of carbonyl (C=O) groups is 2. The van der Waals surface area contributed by atoms with Crippen molar-refractivity contribution >= 4 is 30.0 Å². The fourth-order valence-electron chi connectivity index (χ4n) is 2.36. The highest BCUT2D eigenvalue weighted by molar-refractivity contribution is 5.97. The van der Waals surface area contributed by atoms with Crippen molar-refractivity contribution in [2.75, 3.05) is 37.6 Å². The van der Waals surface area contributed by atoms with Crippen LogP contribution in [0.1, 0.15) is 30.1 Å². The second kappa shape index (κ2) is 10.1. The second-order valence-corrected chi connectivity index (χ2v) is 5.29. The first kappa shape index (κ1) is 19.3. The van der Waals surface area contributed by atoms with Crippen LogP contribution in [-0.4, -0.2) is 44.7 Å². The summed E-state index contributed by atoms with van der Waals surface area (Å²) in [4.78, 5) is 25.7. The van der Waals surface area contributed by atoms with Gasteiger partial charge in [0.05, 0.1) is 0 Å². The van der Waals surface area contributed by atoms with Gasteiger partial charge in [-0.15, -0.1) is 12.4 Å². The quantitative estimate of drug-likeness (QED) is 0.662. The zero-order valence-electron chi connectivity index (χ0n) is 13.4. The SMILES string of the molecule is CCCNCCNC(=O)c1cccc(N2CCCNC2=O)c1.Cl. The van der Waals surface area contributed by atoms with Gasteiger partial charge in [0.15, 0.2) is 0 Å². The van der Waals surface area contributed by atoms with Crippen LogP contribution in [0.5, 0.6) is 0 Å². The first-order valence-electron chi connectivity index (χ1n) is 7.86. The normalized spacial score (nSPS) is 14.0. The zero-order valence-corrected chi connectivity index (χ0v) is 14.2. The molecule has 1 aromatic rings. The van der Waals surface area contributed by atoms with Gasteiger partial charge in [0.1, 0.15) is 0 Å². The van der Waals surface area contributed by atoms with Gasteiger partial charge in [0, 0.05) is 37.4 Å². The molecule has 7 heteroatoms. The molecule has 0 bridgehead atoms.